The van der Waals surface area contributed by atoms with Crippen molar-refractivity contribution in [3.05, 3.63) is 34.2 Å². The van der Waals surface area contributed by atoms with Crippen molar-refractivity contribution in [2.24, 2.45) is 5.73 Å². The third-order valence-corrected chi connectivity index (χ3v) is 6.73. The van der Waals surface area contributed by atoms with Gasteiger partial charge < -0.3 is 25.4 Å². The van der Waals surface area contributed by atoms with Gasteiger partial charge in [0.15, 0.2) is 5.13 Å². The highest BCUT2D eigenvalue weighted by atomic mass is 32.1. The molecule has 0 unspecified atom stereocenters. The Hall–Kier alpha value is -2.85. The fraction of sp³-hybridized carbons (Fsp3) is 0.316. The van der Waals surface area contributed by atoms with Crippen molar-refractivity contribution in [3.8, 4) is 5.75 Å². The first kappa shape index (κ1) is 19.5. The van der Waals surface area contributed by atoms with Gasteiger partial charge in [-0.3, -0.25) is 4.79 Å². The highest BCUT2D eigenvalue weighted by Gasteiger charge is 2.29. The van der Waals surface area contributed by atoms with E-state index in [2.05, 4.69) is 10.3 Å². The van der Waals surface area contributed by atoms with E-state index in [0.717, 1.165) is 26.4 Å². The average molecular weight is 433 g/mol. The summed E-state index contributed by atoms with van der Waals surface area (Å²) in [7, 11) is 1.61. The number of nitrogens with zero attached hydrogens (tertiary/aromatic N) is 2. The van der Waals surface area contributed by atoms with Gasteiger partial charge in [-0.1, -0.05) is 11.3 Å². The number of fused-ring (bicyclic) bond motifs is 2. The fourth-order valence-corrected chi connectivity index (χ4v) is 5.49. The van der Waals surface area contributed by atoms with Crippen molar-refractivity contribution in [1.82, 2.24) is 9.88 Å². The van der Waals surface area contributed by atoms with E-state index in [-0.39, 0.29) is 6.09 Å². The molecule has 0 bridgehead atoms. The van der Waals surface area contributed by atoms with Crippen LogP contribution in [0.5, 0.6) is 5.75 Å². The normalized spacial score (nSPS) is 13.2. The van der Waals surface area contributed by atoms with Crippen molar-refractivity contribution in [3.63, 3.8) is 0 Å². The Morgan fingerprint density at radius 3 is 2.90 bits per heavy atom. The molecule has 2 amide bonds. The van der Waals surface area contributed by atoms with Crippen molar-refractivity contribution in [2.45, 2.75) is 19.9 Å². The molecule has 3 N–H and O–H groups in total. The zero-order valence-corrected chi connectivity index (χ0v) is 17.6. The van der Waals surface area contributed by atoms with Crippen LogP contribution in [0.1, 0.15) is 27.7 Å². The predicted molar refractivity (Wildman–Crippen MR) is 113 cm³/mol. The van der Waals surface area contributed by atoms with Crippen LogP contribution in [0.15, 0.2) is 18.2 Å². The lowest BCUT2D eigenvalue weighted by atomic mass is 10.0. The molecule has 3 aromatic rings. The van der Waals surface area contributed by atoms with Crippen molar-refractivity contribution in [2.75, 3.05) is 25.6 Å². The Balaban J connectivity index is 1.64. The largest absolute Gasteiger partial charge is 0.497 e. The maximum atomic E-state index is 12.2. The Morgan fingerprint density at radius 2 is 2.17 bits per heavy atom. The molecule has 0 atom stereocenters. The minimum atomic E-state index is -0.489. The van der Waals surface area contributed by atoms with Crippen LogP contribution in [-0.4, -0.2) is 42.1 Å². The van der Waals surface area contributed by atoms with Gasteiger partial charge in [0.05, 0.1) is 36.0 Å². The summed E-state index contributed by atoms with van der Waals surface area (Å²) in [6.07, 6.45) is 0.212. The molecule has 3 heterocycles. The highest BCUT2D eigenvalue weighted by Crippen LogP contribution is 2.40. The van der Waals surface area contributed by atoms with Gasteiger partial charge in [0.25, 0.3) is 5.91 Å². The number of ether oxygens (including phenoxy) is 2. The number of carbonyl (C=O) groups excluding carboxylic acids is 2. The van der Waals surface area contributed by atoms with Crippen LogP contribution in [0, 0.1) is 0 Å². The standard InChI is InChI=1S/C19H20N4O4S2/c1-3-27-19(25)23-7-6-11-14(9-23)28-17(15(11)16(20)24)22-18-21-12-8-10(26-2)4-5-13(12)29-18/h4-5,8H,3,6-7,9H2,1-2H3,(H2,20,24)(H,21,22). The number of methoxy groups -OCH3 is 1. The molecule has 0 saturated carbocycles. The molecule has 8 nitrogen and oxygen atoms in total. The number of nitrogens with one attached hydrogen (secondary N) is 1. The third-order valence-electron chi connectivity index (χ3n) is 4.64. The van der Waals surface area contributed by atoms with Gasteiger partial charge in [0, 0.05) is 17.5 Å². The van der Waals surface area contributed by atoms with Gasteiger partial charge in [0.1, 0.15) is 10.8 Å². The fourth-order valence-electron chi connectivity index (χ4n) is 3.31. The number of nitrogens with two attached hydrogens (primary N) is 1. The van der Waals surface area contributed by atoms with E-state index in [0.29, 0.717) is 41.8 Å². The van der Waals surface area contributed by atoms with E-state index in [4.69, 9.17) is 15.2 Å². The summed E-state index contributed by atoms with van der Waals surface area (Å²) in [5.41, 5.74) is 7.87. The van der Waals surface area contributed by atoms with Crippen molar-refractivity contribution < 1.29 is 19.1 Å². The molecule has 1 aliphatic rings. The van der Waals surface area contributed by atoms with Crippen LogP contribution in [0.4, 0.5) is 14.9 Å². The van der Waals surface area contributed by atoms with E-state index in [9.17, 15) is 9.59 Å². The van der Waals surface area contributed by atoms with Gasteiger partial charge in [-0.15, -0.1) is 11.3 Å². The number of carbonyl (C=O) groups is 2. The first-order valence-corrected chi connectivity index (χ1v) is 10.7. The molecule has 10 heteroatoms. The van der Waals surface area contributed by atoms with Gasteiger partial charge in [-0.05, 0) is 31.0 Å². The molecule has 152 valence electrons. The van der Waals surface area contributed by atoms with Gasteiger partial charge in [0.2, 0.25) is 0 Å². The number of hydrogen-bond acceptors (Lipinski definition) is 8. The van der Waals surface area contributed by atoms with Crippen LogP contribution in [0.3, 0.4) is 0 Å². The molecule has 29 heavy (non-hydrogen) atoms. The molecule has 0 fully saturated rings. The smallest absolute Gasteiger partial charge is 0.410 e. The zero-order chi connectivity index (χ0) is 20.5. The Morgan fingerprint density at radius 1 is 1.34 bits per heavy atom. The maximum Gasteiger partial charge on any atom is 0.410 e. The number of anilines is 2. The molecule has 0 spiro atoms. The highest BCUT2D eigenvalue weighted by molar-refractivity contribution is 7.23. The van der Waals surface area contributed by atoms with Gasteiger partial charge in [-0.25, -0.2) is 9.78 Å². The number of thiophene rings is 1. The topological polar surface area (TPSA) is 107 Å². The predicted octanol–water partition coefficient (Wildman–Crippen LogP) is 3.72. The summed E-state index contributed by atoms with van der Waals surface area (Å²) >= 11 is 2.90. The number of primary amides is 1. The first-order chi connectivity index (χ1) is 14.0. The number of amides is 2. The van der Waals surface area contributed by atoms with Gasteiger partial charge >= 0.3 is 6.09 Å². The van der Waals surface area contributed by atoms with Crippen LogP contribution >= 0.6 is 22.7 Å². The van der Waals surface area contributed by atoms with Crippen molar-refractivity contribution in [1.29, 1.82) is 0 Å². The van der Waals surface area contributed by atoms with E-state index >= 15 is 0 Å². The summed E-state index contributed by atoms with van der Waals surface area (Å²) in [4.78, 5) is 31.4. The second-order valence-corrected chi connectivity index (χ2v) is 8.56. The maximum absolute atomic E-state index is 12.2. The molecular weight excluding hydrogens is 412 g/mol. The summed E-state index contributed by atoms with van der Waals surface area (Å²) in [6, 6.07) is 5.69. The van der Waals surface area contributed by atoms with E-state index < -0.39 is 5.91 Å². The summed E-state index contributed by atoms with van der Waals surface area (Å²) < 4.78 is 11.3. The molecule has 0 radical (unpaired) electrons. The zero-order valence-electron chi connectivity index (χ0n) is 16.0. The molecule has 4 rings (SSSR count). The number of hydrogen-bond donors (Lipinski definition) is 2. The van der Waals surface area contributed by atoms with Crippen LogP contribution in [0.25, 0.3) is 10.2 Å². The van der Waals surface area contributed by atoms with Crippen LogP contribution < -0.4 is 15.8 Å². The van der Waals surface area contributed by atoms with Crippen LogP contribution in [-0.2, 0) is 17.7 Å². The lowest BCUT2D eigenvalue weighted by Crippen LogP contribution is -2.36. The number of benzene rings is 1. The van der Waals surface area contributed by atoms with Gasteiger partial charge in [-0.2, -0.15) is 0 Å². The van der Waals surface area contributed by atoms with Crippen LogP contribution in [0.2, 0.25) is 0 Å². The number of thiazole rings is 1. The quantitative estimate of drug-likeness (QED) is 0.636. The molecule has 1 aliphatic heterocycles. The molecule has 0 saturated heterocycles. The minimum absolute atomic E-state index is 0.328. The first-order valence-electron chi connectivity index (χ1n) is 9.07. The third kappa shape index (κ3) is 3.73. The summed E-state index contributed by atoms with van der Waals surface area (Å²) in [6.45, 7) is 2.99. The molecule has 1 aromatic carbocycles. The minimum Gasteiger partial charge on any atom is -0.497 e. The Kier molecular flexibility index (Phi) is 5.29. The molecule has 0 aliphatic carbocycles. The average Bonchev–Trinajstić information content (AvgIpc) is 3.26. The lowest BCUT2D eigenvalue weighted by Gasteiger charge is -2.26. The van der Waals surface area contributed by atoms with E-state index in [1.54, 1.807) is 18.9 Å². The number of rotatable bonds is 5. The summed E-state index contributed by atoms with van der Waals surface area (Å²) in [5.74, 6) is 0.246. The lowest BCUT2D eigenvalue weighted by molar-refractivity contribution is 0.0997. The Labute approximate surface area is 175 Å². The SMILES string of the molecule is CCOC(=O)N1CCc2c(sc(Nc3nc4cc(OC)ccc4s3)c2C(N)=O)C1. The Bertz CT molecular complexity index is 1090. The van der Waals surface area contributed by atoms with E-state index in [1.165, 1.54) is 22.7 Å². The van der Waals surface area contributed by atoms with E-state index in [1.807, 2.05) is 18.2 Å². The monoisotopic (exact) mass is 432 g/mol. The second-order valence-electron chi connectivity index (χ2n) is 6.42. The molecule has 2 aromatic heterocycles. The summed E-state index contributed by atoms with van der Waals surface area (Å²) in [5, 5.41) is 4.57. The van der Waals surface area contributed by atoms with Crippen molar-refractivity contribution >= 4 is 55.0 Å². The molecular formula is C19H20N4O4S2. The second kappa shape index (κ2) is 7.88. The number of aromatic nitrogens is 1.